The molecule has 0 aromatic carbocycles. The van der Waals surface area contributed by atoms with Gasteiger partial charge in [0.05, 0.1) is 18.1 Å². The second kappa shape index (κ2) is 7.71. The summed E-state index contributed by atoms with van der Waals surface area (Å²) in [5.41, 5.74) is 1.19. The number of amides is 1. The van der Waals surface area contributed by atoms with E-state index in [1.807, 2.05) is 16.8 Å². The maximum absolute atomic E-state index is 12.9. The lowest BCUT2D eigenvalue weighted by atomic mass is 9.93. The van der Waals surface area contributed by atoms with Gasteiger partial charge in [-0.15, -0.1) is 0 Å². The highest BCUT2D eigenvalue weighted by molar-refractivity contribution is 5.93. The van der Waals surface area contributed by atoms with Gasteiger partial charge < -0.3 is 14.6 Å². The average molecular weight is 366 g/mol. The molecule has 3 heterocycles. The molecule has 8 nitrogen and oxygen atoms in total. The van der Waals surface area contributed by atoms with Crippen LogP contribution in [0.15, 0.2) is 49.6 Å². The van der Waals surface area contributed by atoms with Gasteiger partial charge in [-0.3, -0.25) is 9.36 Å². The largest absolute Gasteiger partial charge is 0.381 e. The minimum Gasteiger partial charge on any atom is -0.381 e. The zero-order valence-electron chi connectivity index (χ0n) is 15.2. The maximum Gasteiger partial charge on any atom is 0.270 e. The van der Waals surface area contributed by atoms with Crippen LogP contribution in [0.3, 0.4) is 0 Å². The molecule has 1 amide bonds. The molecular formula is C19H22N6O2. The fraction of sp³-hybridized carbons (Fsp3) is 0.368. The molecule has 0 unspecified atom stereocenters. The van der Waals surface area contributed by atoms with E-state index < -0.39 is 0 Å². The van der Waals surface area contributed by atoms with Crippen molar-refractivity contribution >= 4 is 5.91 Å². The Morgan fingerprint density at radius 3 is 2.41 bits per heavy atom. The predicted molar refractivity (Wildman–Crippen MR) is 99.0 cm³/mol. The molecule has 1 aliphatic rings. The van der Waals surface area contributed by atoms with Gasteiger partial charge >= 0.3 is 0 Å². The molecule has 0 radical (unpaired) electrons. The first-order chi connectivity index (χ1) is 13.2. The number of rotatable bonds is 5. The number of carbonyl (C=O) groups is 1. The summed E-state index contributed by atoms with van der Waals surface area (Å²) >= 11 is 0. The van der Waals surface area contributed by atoms with E-state index in [0.29, 0.717) is 17.6 Å². The molecule has 3 aromatic heterocycles. The maximum atomic E-state index is 12.9. The molecule has 4 rings (SSSR count). The normalized spacial score (nSPS) is 19.7. The molecule has 0 atom stereocenters. The molecular weight excluding hydrogens is 344 g/mol. The number of ether oxygens (including phenoxy) is 1. The van der Waals surface area contributed by atoms with E-state index in [1.165, 1.54) is 0 Å². The van der Waals surface area contributed by atoms with E-state index in [9.17, 15) is 4.79 Å². The van der Waals surface area contributed by atoms with Crippen LogP contribution < -0.4 is 5.32 Å². The van der Waals surface area contributed by atoms with E-state index in [2.05, 4.69) is 20.3 Å². The summed E-state index contributed by atoms with van der Waals surface area (Å²) in [7, 11) is 1.74. The minimum absolute atomic E-state index is 0.152. The summed E-state index contributed by atoms with van der Waals surface area (Å²) in [5.74, 6) is 0.464. The summed E-state index contributed by atoms with van der Waals surface area (Å²) in [4.78, 5) is 25.5. The van der Waals surface area contributed by atoms with Gasteiger partial charge in [-0.2, -0.15) is 0 Å². The van der Waals surface area contributed by atoms with Crippen LogP contribution in [0, 0.1) is 0 Å². The monoisotopic (exact) mass is 366 g/mol. The first-order valence-electron chi connectivity index (χ1n) is 9.05. The molecule has 0 spiro atoms. The van der Waals surface area contributed by atoms with Crippen LogP contribution in [0.2, 0.25) is 0 Å². The molecule has 0 bridgehead atoms. The predicted octanol–water partition coefficient (Wildman–Crippen LogP) is 2.14. The number of aromatic nitrogens is 5. The highest BCUT2D eigenvalue weighted by atomic mass is 16.5. The third-order valence-electron chi connectivity index (χ3n) is 4.94. The Labute approximate surface area is 157 Å². The fourth-order valence-electron chi connectivity index (χ4n) is 3.41. The van der Waals surface area contributed by atoms with E-state index >= 15 is 0 Å². The van der Waals surface area contributed by atoms with Gasteiger partial charge in [-0.1, -0.05) is 0 Å². The molecule has 0 aliphatic heterocycles. The van der Waals surface area contributed by atoms with E-state index in [0.717, 1.165) is 31.4 Å². The van der Waals surface area contributed by atoms with Crippen molar-refractivity contribution in [3.05, 3.63) is 55.3 Å². The van der Waals surface area contributed by atoms with E-state index in [4.69, 9.17) is 4.74 Å². The van der Waals surface area contributed by atoms with Crippen LogP contribution in [0.1, 0.15) is 36.2 Å². The van der Waals surface area contributed by atoms with Gasteiger partial charge in [0, 0.05) is 44.0 Å². The van der Waals surface area contributed by atoms with Gasteiger partial charge in [-0.05, 0) is 31.7 Å². The van der Waals surface area contributed by atoms with Crippen LogP contribution in [-0.2, 0) is 4.74 Å². The molecule has 1 N–H and O–H groups in total. The highest BCUT2D eigenvalue weighted by Crippen LogP contribution is 2.21. The number of carbonyl (C=O) groups excluding carboxylic acids is 1. The van der Waals surface area contributed by atoms with E-state index in [-0.39, 0.29) is 11.9 Å². The first-order valence-corrected chi connectivity index (χ1v) is 9.05. The molecule has 1 fully saturated rings. The van der Waals surface area contributed by atoms with Crippen LogP contribution in [0.5, 0.6) is 0 Å². The Morgan fingerprint density at radius 1 is 1.07 bits per heavy atom. The van der Waals surface area contributed by atoms with Gasteiger partial charge in [0.2, 0.25) is 0 Å². The van der Waals surface area contributed by atoms with Crippen molar-refractivity contribution in [2.75, 3.05) is 7.11 Å². The molecule has 0 saturated heterocycles. The molecule has 140 valence electrons. The Morgan fingerprint density at radius 2 is 1.78 bits per heavy atom. The number of pyridine rings is 1. The first kappa shape index (κ1) is 17.4. The van der Waals surface area contributed by atoms with Crippen molar-refractivity contribution in [2.24, 2.45) is 0 Å². The molecule has 27 heavy (non-hydrogen) atoms. The lowest BCUT2D eigenvalue weighted by molar-refractivity contribution is 0.0598. The van der Waals surface area contributed by atoms with Crippen LogP contribution in [0.25, 0.3) is 11.5 Å². The molecule has 1 saturated carbocycles. The molecule has 1 aliphatic carbocycles. The van der Waals surface area contributed by atoms with Gasteiger partial charge in [-0.25, -0.2) is 15.0 Å². The summed E-state index contributed by atoms with van der Waals surface area (Å²) in [5, 5.41) is 3.12. The quantitative estimate of drug-likeness (QED) is 0.748. The Kier molecular flexibility index (Phi) is 4.97. The topological polar surface area (TPSA) is 86.9 Å². The Balaban J connectivity index is 1.58. The average Bonchev–Trinajstić information content (AvgIpc) is 3.42. The molecule has 3 aromatic rings. The second-order valence-corrected chi connectivity index (χ2v) is 6.69. The smallest absolute Gasteiger partial charge is 0.270 e. The lowest BCUT2D eigenvalue weighted by Gasteiger charge is -2.28. The molecule has 8 heteroatoms. The van der Waals surface area contributed by atoms with E-state index in [1.54, 1.807) is 49.0 Å². The summed E-state index contributed by atoms with van der Waals surface area (Å²) in [6.07, 6.45) is 14.4. The summed E-state index contributed by atoms with van der Waals surface area (Å²) < 4.78 is 9.03. The summed E-state index contributed by atoms with van der Waals surface area (Å²) in [6, 6.07) is 3.82. The van der Waals surface area contributed by atoms with Gasteiger partial charge in [0.15, 0.2) is 0 Å². The Bertz CT molecular complexity index is 831. The minimum atomic E-state index is -0.167. The Hall–Kier alpha value is -3.00. The van der Waals surface area contributed by atoms with Crippen molar-refractivity contribution in [3.63, 3.8) is 0 Å². The lowest BCUT2D eigenvalue weighted by Crippen LogP contribution is -2.39. The van der Waals surface area contributed by atoms with Crippen LogP contribution >= 0.6 is 0 Å². The van der Waals surface area contributed by atoms with Gasteiger partial charge in [0.25, 0.3) is 5.91 Å². The van der Waals surface area contributed by atoms with Crippen LogP contribution in [-0.4, -0.2) is 49.2 Å². The SMILES string of the molecule is COC1CCC(NC(=O)c2cc(-n3ccnc3)cc(-n3ccnc3)n2)CC1. The second-order valence-electron chi connectivity index (χ2n) is 6.69. The number of imidazole rings is 2. The van der Waals surface area contributed by atoms with Gasteiger partial charge in [0.1, 0.15) is 17.8 Å². The zero-order chi connectivity index (χ0) is 18.6. The number of nitrogens with one attached hydrogen (secondary N) is 1. The van der Waals surface area contributed by atoms with Crippen molar-refractivity contribution in [1.29, 1.82) is 0 Å². The highest BCUT2D eigenvalue weighted by Gasteiger charge is 2.23. The fourth-order valence-corrected chi connectivity index (χ4v) is 3.41. The number of nitrogens with zero attached hydrogens (tertiary/aromatic N) is 5. The van der Waals surface area contributed by atoms with Crippen molar-refractivity contribution in [1.82, 2.24) is 29.4 Å². The standard InChI is InChI=1S/C19H22N6O2/c1-27-16-4-2-14(3-5-16)22-19(26)17-10-15(24-8-6-20-12-24)11-18(23-17)25-9-7-21-13-25/h6-14,16H,2-5H2,1H3,(H,22,26). The van der Waals surface area contributed by atoms with Crippen molar-refractivity contribution in [2.45, 2.75) is 37.8 Å². The van der Waals surface area contributed by atoms with Crippen LogP contribution in [0.4, 0.5) is 0 Å². The summed E-state index contributed by atoms with van der Waals surface area (Å²) in [6.45, 7) is 0. The van der Waals surface area contributed by atoms with Crippen molar-refractivity contribution < 1.29 is 9.53 Å². The number of hydrogen-bond acceptors (Lipinski definition) is 5. The number of hydrogen-bond donors (Lipinski definition) is 1. The third kappa shape index (κ3) is 3.90. The zero-order valence-corrected chi connectivity index (χ0v) is 15.2. The van der Waals surface area contributed by atoms with Crippen molar-refractivity contribution in [3.8, 4) is 11.5 Å². The third-order valence-corrected chi connectivity index (χ3v) is 4.94. The number of methoxy groups -OCH3 is 1.